The van der Waals surface area contributed by atoms with Gasteiger partial charge in [0.2, 0.25) is 0 Å². The molecule has 4 heterocycles. The van der Waals surface area contributed by atoms with Crippen molar-refractivity contribution in [3.05, 3.63) is 17.8 Å². The van der Waals surface area contributed by atoms with Crippen LogP contribution in [0.1, 0.15) is 23.3 Å². The number of amides is 1. The van der Waals surface area contributed by atoms with E-state index >= 15 is 0 Å². The van der Waals surface area contributed by atoms with Crippen molar-refractivity contribution in [2.45, 2.75) is 18.9 Å². The molecule has 3 aliphatic heterocycles. The average Bonchev–Trinajstić information content (AvgIpc) is 3.11. The molecule has 1 atom stereocenters. The zero-order valence-electron chi connectivity index (χ0n) is 15.3. The van der Waals surface area contributed by atoms with Gasteiger partial charge in [-0.2, -0.15) is 4.37 Å². The minimum absolute atomic E-state index is 0.0905. The number of carbonyl (C=O) groups excluding carboxylic acids is 1. The van der Waals surface area contributed by atoms with E-state index in [2.05, 4.69) is 14.6 Å². The van der Waals surface area contributed by atoms with Crippen LogP contribution in [0.3, 0.4) is 0 Å². The maximum atomic E-state index is 12.8. The SMILES string of the molecule is COc1cc2snc(C(=O)N[C@@H]3CN4CCC3CC4)c2cc1OC.O=CO. The van der Waals surface area contributed by atoms with Gasteiger partial charge in [-0.25, -0.2) is 0 Å². The van der Waals surface area contributed by atoms with E-state index in [4.69, 9.17) is 19.4 Å². The highest BCUT2D eigenvalue weighted by atomic mass is 32.1. The molecule has 0 saturated carbocycles. The number of benzene rings is 1. The van der Waals surface area contributed by atoms with Crippen LogP contribution in [-0.4, -0.2) is 66.7 Å². The van der Waals surface area contributed by atoms with Gasteiger partial charge >= 0.3 is 0 Å². The van der Waals surface area contributed by atoms with Gasteiger partial charge in [0.25, 0.3) is 12.4 Å². The summed E-state index contributed by atoms with van der Waals surface area (Å²) in [4.78, 5) is 23.6. The molecule has 0 unspecified atom stereocenters. The third-order valence-corrected chi connectivity index (χ3v) is 5.97. The molecular formula is C18H23N3O5S. The normalized spacial score (nSPS) is 23.3. The van der Waals surface area contributed by atoms with Crippen LogP contribution in [0, 0.1) is 5.92 Å². The number of hydrogen-bond donors (Lipinski definition) is 2. The molecule has 146 valence electrons. The number of carboxylic acid groups (broad SMARTS) is 1. The first kappa shape index (κ1) is 19.4. The Morgan fingerprint density at radius 2 is 1.93 bits per heavy atom. The summed E-state index contributed by atoms with van der Waals surface area (Å²) < 4.78 is 16.0. The zero-order valence-corrected chi connectivity index (χ0v) is 16.1. The maximum absolute atomic E-state index is 12.8. The summed E-state index contributed by atoms with van der Waals surface area (Å²) in [5, 5.41) is 10.9. The number of ether oxygens (including phenoxy) is 2. The number of aromatic nitrogens is 1. The summed E-state index contributed by atoms with van der Waals surface area (Å²) >= 11 is 1.31. The van der Waals surface area contributed by atoms with E-state index < -0.39 is 0 Å². The summed E-state index contributed by atoms with van der Waals surface area (Å²) in [5.41, 5.74) is 0.479. The third kappa shape index (κ3) is 3.98. The molecule has 0 radical (unpaired) electrons. The molecule has 8 nitrogen and oxygen atoms in total. The molecule has 0 spiro atoms. The first-order valence-electron chi connectivity index (χ1n) is 8.73. The van der Waals surface area contributed by atoms with Crippen LogP contribution in [0.5, 0.6) is 11.5 Å². The highest BCUT2D eigenvalue weighted by Crippen LogP contribution is 2.35. The molecule has 1 amide bonds. The predicted octanol–water partition coefficient (Wildman–Crippen LogP) is 1.84. The lowest BCUT2D eigenvalue weighted by molar-refractivity contribution is -0.122. The van der Waals surface area contributed by atoms with Crippen LogP contribution < -0.4 is 14.8 Å². The Labute approximate surface area is 161 Å². The zero-order chi connectivity index (χ0) is 19.4. The van der Waals surface area contributed by atoms with Gasteiger partial charge in [0.05, 0.1) is 18.9 Å². The van der Waals surface area contributed by atoms with Gasteiger partial charge in [-0.1, -0.05) is 0 Å². The second-order valence-corrected chi connectivity index (χ2v) is 7.36. The van der Waals surface area contributed by atoms with Crippen molar-refractivity contribution in [2.75, 3.05) is 33.9 Å². The van der Waals surface area contributed by atoms with Gasteiger partial charge in [0, 0.05) is 24.0 Å². The number of piperidine rings is 3. The van der Waals surface area contributed by atoms with E-state index in [9.17, 15) is 4.79 Å². The minimum Gasteiger partial charge on any atom is -0.493 e. The van der Waals surface area contributed by atoms with Gasteiger partial charge in [-0.05, 0) is 49.4 Å². The average molecular weight is 393 g/mol. The van der Waals surface area contributed by atoms with E-state index in [0.717, 1.165) is 29.7 Å². The molecule has 3 aliphatic rings. The standard InChI is InChI=1S/C17H21N3O3S.CH2O2/c1-22-13-7-11-15(8-14(13)23-2)24-19-16(11)17(21)18-12-9-20-5-3-10(12)4-6-20;2-1-3/h7-8,10,12H,3-6,9H2,1-2H3,(H,18,21);1H,(H,2,3)/t12-;/m1./s1. The molecule has 1 aromatic carbocycles. The van der Waals surface area contributed by atoms with Crippen LogP contribution >= 0.6 is 11.5 Å². The quantitative estimate of drug-likeness (QED) is 0.764. The van der Waals surface area contributed by atoms with Crippen LogP contribution in [0.4, 0.5) is 0 Å². The van der Waals surface area contributed by atoms with E-state index in [-0.39, 0.29) is 18.4 Å². The number of rotatable bonds is 4. The van der Waals surface area contributed by atoms with Crippen molar-refractivity contribution in [1.82, 2.24) is 14.6 Å². The van der Waals surface area contributed by atoms with Gasteiger partial charge in [0.1, 0.15) is 5.69 Å². The molecule has 0 aliphatic carbocycles. The third-order valence-electron chi connectivity index (χ3n) is 5.16. The van der Waals surface area contributed by atoms with Crippen molar-refractivity contribution >= 4 is 34.0 Å². The second kappa shape index (κ2) is 8.53. The fourth-order valence-electron chi connectivity index (χ4n) is 3.79. The lowest BCUT2D eigenvalue weighted by Crippen LogP contribution is -2.57. The lowest BCUT2D eigenvalue weighted by Gasteiger charge is -2.44. The van der Waals surface area contributed by atoms with Crippen molar-refractivity contribution < 1.29 is 24.2 Å². The van der Waals surface area contributed by atoms with E-state index in [1.807, 2.05) is 12.1 Å². The number of carbonyl (C=O) groups is 2. The fraction of sp³-hybridized carbons (Fsp3) is 0.500. The molecule has 27 heavy (non-hydrogen) atoms. The summed E-state index contributed by atoms with van der Waals surface area (Å²) in [6.07, 6.45) is 2.35. The van der Waals surface area contributed by atoms with Gasteiger partial charge in [-0.3, -0.25) is 9.59 Å². The first-order valence-corrected chi connectivity index (χ1v) is 9.51. The Morgan fingerprint density at radius 3 is 2.48 bits per heavy atom. The Hall–Kier alpha value is -2.39. The van der Waals surface area contributed by atoms with E-state index in [1.165, 1.54) is 24.4 Å². The highest BCUT2D eigenvalue weighted by molar-refractivity contribution is 7.13. The fourth-order valence-corrected chi connectivity index (χ4v) is 4.58. The maximum Gasteiger partial charge on any atom is 0.290 e. The monoisotopic (exact) mass is 393 g/mol. The number of nitrogens with zero attached hydrogens (tertiary/aromatic N) is 2. The Kier molecular flexibility index (Phi) is 6.12. The predicted molar refractivity (Wildman–Crippen MR) is 102 cm³/mol. The summed E-state index contributed by atoms with van der Waals surface area (Å²) in [5.74, 6) is 1.77. The van der Waals surface area contributed by atoms with Crippen molar-refractivity contribution in [3.63, 3.8) is 0 Å². The van der Waals surface area contributed by atoms with Crippen LogP contribution in [-0.2, 0) is 4.79 Å². The summed E-state index contributed by atoms with van der Waals surface area (Å²) in [7, 11) is 3.20. The topological polar surface area (TPSA) is 101 Å². The molecule has 3 saturated heterocycles. The molecule has 3 fully saturated rings. The minimum atomic E-state index is -0.250. The second-order valence-electron chi connectivity index (χ2n) is 6.56. The van der Waals surface area contributed by atoms with Crippen molar-refractivity contribution in [1.29, 1.82) is 0 Å². The van der Waals surface area contributed by atoms with E-state index in [1.54, 1.807) is 14.2 Å². The number of hydrogen-bond acceptors (Lipinski definition) is 7. The van der Waals surface area contributed by atoms with Crippen molar-refractivity contribution in [2.24, 2.45) is 5.92 Å². The number of nitrogens with one attached hydrogen (secondary N) is 1. The van der Waals surface area contributed by atoms with Crippen LogP contribution in [0.25, 0.3) is 10.1 Å². The van der Waals surface area contributed by atoms with E-state index in [0.29, 0.717) is 23.1 Å². The van der Waals surface area contributed by atoms with Crippen LogP contribution in [0.2, 0.25) is 0 Å². The van der Waals surface area contributed by atoms with Crippen LogP contribution in [0.15, 0.2) is 12.1 Å². The molecule has 9 heteroatoms. The lowest BCUT2D eigenvalue weighted by atomic mass is 9.84. The Morgan fingerprint density at radius 1 is 1.30 bits per heavy atom. The van der Waals surface area contributed by atoms with Gasteiger partial charge in [-0.15, -0.1) is 0 Å². The smallest absolute Gasteiger partial charge is 0.290 e. The molecular weight excluding hydrogens is 370 g/mol. The molecule has 2 N–H and O–H groups in total. The first-order chi connectivity index (χ1) is 13.1. The number of methoxy groups -OCH3 is 2. The largest absolute Gasteiger partial charge is 0.493 e. The molecule has 5 rings (SSSR count). The summed E-state index contributed by atoms with van der Waals surface area (Å²) in [6, 6.07) is 3.94. The molecule has 2 bridgehead atoms. The Balaban J connectivity index is 0.000000659. The van der Waals surface area contributed by atoms with Gasteiger partial charge < -0.3 is 24.8 Å². The molecule has 1 aromatic heterocycles. The highest BCUT2D eigenvalue weighted by Gasteiger charge is 2.35. The number of fused-ring (bicyclic) bond motifs is 4. The van der Waals surface area contributed by atoms with Crippen molar-refractivity contribution in [3.8, 4) is 11.5 Å². The van der Waals surface area contributed by atoms with Gasteiger partial charge in [0.15, 0.2) is 11.5 Å². The molecule has 2 aromatic rings. The summed E-state index contributed by atoms with van der Waals surface area (Å²) in [6.45, 7) is 3.02. The Bertz CT molecular complexity index is 817.